The highest BCUT2D eigenvalue weighted by Crippen LogP contribution is 2.29. The van der Waals surface area contributed by atoms with Crippen molar-refractivity contribution in [3.8, 4) is 11.4 Å². The molecule has 1 fully saturated rings. The number of piperazine rings is 1. The van der Waals surface area contributed by atoms with Crippen molar-refractivity contribution >= 4 is 28.5 Å². The number of Topliss-reactive ketones (excluding diaryl/α,β-unsaturated/α-hetero) is 1. The number of hydrogen-bond acceptors (Lipinski definition) is 7. The number of ketones is 1. The molecule has 4 aromatic heterocycles. The highest BCUT2D eigenvalue weighted by Gasteiger charge is 2.31. The molecule has 4 aromatic rings. The number of hydrogen-bond donors (Lipinski definition) is 1. The molecule has 0 aromatic carbocycles. The summed E-state index contributed by atoms with van der Waals surface area (Å²) in [4.78, 5) is 62.5. The lowest BCUT2D eigenvalue weighted by molar-refractivity contribution is -0.127. The fourth-order valence-corrected chi connectivity index (χ4v) is 4.34. The summed E-state index contributed by atoms with van der Waals surface area (Å²) in [6.07, 6.45) is 9.53. The Morgan fingerprint density at radius 2 is 1.66 bits per heavy atom. The monoisotopic (exact) mass is 469 g/mol. The van der Waals surface area contributed by atoms with Gasteiger partial charge in [-0.2, -0.15) is 0 Å². The molecular formula is C25H23N7O3. The van der Waals surface area contributed by atoms with Gasteiger partial charge < -0.3 is 14.8 Å². The Labute approximate surface area is 201 Å². The molecule has 5 heterocycles. The van der Waals surface area contributed by atoms with E-state index in [2.05, 4.69) is 24.9 Å². The van der Waals surface area contributed by atoms with Crippen molar-refractivity contribution < 1.29 is 14.4 Å². The van der Waals surface area contributed by atoms with E-state index in [9.17, 15) is 14.4 Å². The third-order valence-electron chi connectivity index (χ3n) is 6.21. The molecule has 1 aliphatic heterocycles. The highest BCUT2D eigenvalue weighted by molar-refractivity contribution is 6.45. The number of carbonyl (C=O) groups excluding carboxylic acids is 3. The standard InChI is InChI=1S/C25H23N7O3/c1-15-4-3-5-28-20(15)24(34)31-8-10-32(11-9-31)25(35)23(33)17-13-30-22-19(17)16(2)12-29-21(22)18-14-26-6-7-27-18/h3-7,12-14,30H,8-11H2,1-2H3. The van der Waals surface area contributed by atoms with Crippen LogP contribution in [0.3, 0.4) is 0 Å². The Hall–Kier alpha value is -4.47. The highest BCUT2D eigenvalue weighted by atomic mass is 16.2. The lowest BCUT2D eigenvalue weighted by Gasteiger charge is -2.34. The summed E-state index contributed by atoms with van der Waals surface area (Å²) in [6, 6.07) is 3.63. The van der Waals surface area contributed by atoms with E-state index in [1.807, 2.05) is 19.9 Å². The zero-order chi connectivity index (χ0) is 24.5. The molecule has 1 saturated heterocycles. The SMILES string of the molecule is Cc1cccnc1C(=O)N1CCN(C(=O)C(=O)c2c[nH]c3c(-c4cnccn4)ncc(C)c23)CC1. The van der Waals surface area contributed by atoms with Gasteiger partial charge in [0.25, 0.3) is 17.6 Å². The average molecular weight is 470 g/mol. The Bertz CT molecular complexity index is 1440. The summed E-state index contributed by atoms with van der Waals surface area (Å²) in [5, 5.41) is 0.637. The third kappa shape index (κ3) is 4.03. The first-order valence-electron chi connectivity index (χ1n) is 11.2. The van der Waals surface area contributed by atoms with Crippen molar-refractivity contribution in [3.05, 3.63) is 71.7 Å². The van der Waals surface area contributed by atoms with E-state index in [0.29, 0.717) is 41.1 Å². The number of nitrogens with one attached hydrogen (secondary N) is 1. The van der Waals surface area contributed by atoms with Crippen LogP contribution in [0.1, 0.15) is 32.0 Å². The fourth-order valence-electron chi connectivity index (χ4n) is 4.34. The van der Waals surface area contributed by atoms with Gasteiger partial charge in [0, 0.05) is 62.5 Å². The van der Waals surface area contributed by atoms with Gasteiger partial charge in [-0.3, -0.25) is 34.3 Å². The van der Waals surface area contributed by atoms with E-state index in [-0.39, 0.29) is 24.6 Å². The third-order valence-corrected chi connectivity index (χ3v) is 6.21. The lowest BCUT2D eigenvalue weighted by Crippen LogP contribution is -2.52. The van der Waals surface area contributed by atoms with E-state index in [1.165, 1.54) is 4.90 Å². The van der Waals surface area contributed by atoms with Crippen molar-refractivity contribution in [3.63, 3.8) is 0 Å². The van der Waals surface area contributed by atoms with Gasteiger partial charge in [-0.25, -0.2) is 0 Å². The van der Waals surface area contributed by atoms with E-state index in [0.717, 1.165) is 11.1 Å². The number of aromatic nitrogens is 5. The van der Waals surface area contributed by atoms with Gasteiger partial charge in [-0.15, -0.1) is 0 Å². The van der Waals surface area contributed by atoms with Crippen LogP contribution in [-0.2, 0) is 4.79 Å². The number of rotatable bonds is 4. The summed E-state index contributed by atoms with van der Waals surface area (Å²) < 4.78 is 0. The molecule has 0 spiro atoms. The van der Waals surface area contributed by atoms with E-state index < -0.39 is 11.7 Å². The lowest BCUT2D eigenvalue weighted by atomic mass is 10.0. The zero-order valence-electron chi connectivity index (χ0n) is 19.4. The molecule has 0 radical (unpaired) electrons. The first-order chi connectivity index (χ1) is 17.0. The minimum atomic E-state index is -0.601. The molecule has 10 heteroatoms. The van der Waals surface area contributed by atoms with Gasteiger partial charge in [0.2, 0.25) is 0 Å². The first kappa shape index (κ1) is 22.3. The van der Waals surface area contributed by atoms with E-state index >= 15 is 0 Å². The fraction of sp³-hybridized carbons (Fsp3) is 0.240. The van der Waals surface area contributed by atoms with Gasteiger partial charge in [-0.1, -0.05) is 6.07 Å². The number of fused-ring (bicyclic) bond motifs is 1. The molecule has 0 saturated carbocycles. The summed E-state index contributed by atoms with van der Waals surface area (Å²) in [5.74, 6) is -1.36. The van der Waals surface area contributed by atoms with Crippen LogP contribution < -0.4 is 0 Å². The van der Waals surface area contributed by atoms with Gasteiger partial charge in [0.1, 0.15) is 17.1 Å². The van der Waals surface area contributed by atoms with Crippen LogP contribution in [-0.4, -0.2) is 78.5 Å². The number of carbonyl (C=O) groups is 3. The molecule has 0 bridgehead atoms. The average Bonchev–Trinajstić information content (AvgIpc) is 3.35. The van der Waals surface area contributed by atoms with Gasteiger partial charge in [0.15, 0.2) is 0 Å². The minimum absolute atomic E-state index is 0.169. The maximum Gasteiger partial charge on any atom is 0.295 e. The van der Waals surface area contributed by atoms with Crippen molar-refractivity contribution in [2.75, 3.05) is 26.2 Å². The maximum absolute atomic E-state index is 13.3. The number of aromatic amines is 1. The molecule has 0 aliphatic carbocycles. The van der Waals surface area contributed by atoms with Gasteiger partial charge in [-0.05, 0) is 31.0 Å². The molecule has 1 N–H and O–H groups in total. The largest absolute Gasteiger partial charge is 0.359 e. The van der Waals surface area contributed by atoms with Crippen molar-refractivity contribution in [1.29, 1.82) is 0 Å². The molecule has 0 atom stereocenters. The molecule has 2 amide bonds. The molecule has 5 rings (SSSR count). The zero-order valence-corrected chi connectivity index (χ0v) is 19.4. The first-order valence-corrected chi connectivity index (χ1v) is 11.2. The summed E-state index contributed by atoms with van der Waals surface area (Å²) >= 11 is 0. The normalized spacial score (nSPS) is 13.8. The summed E-state index contributed by atoms with van der Waals surface area (Å²) in [7, 11) is 0. The second-order valence-electron chi connectivity index (χ2n) is 8.42. The molecule has 10 nitrogen and oxygen atoms in total. The molecule has 176 valence electrons. The smallest absolute Gasteiger partial charge is 0.295 e. The summed E-state index contributed by atoms with van der Waals surface area (Å²) in [6.45, 7) is 4.90. The van der Waals surface area contributed by atoms with Gasteiger partial charge >= 0.3 is 0 Å². The number of H-pyrrole nitrogens is 1. The predicted octanol–water partition coefficient (Wildman–Crippen LogP) is 2.20. The molecule has 1 aliphatic rings. The van der Waals surface area contributed by atoms with Crippen LogP contribution in [0.25, 0.3) is 22.3 Å². The van der Waals surface area contributed by atoms with Crippen molar-refractivity contribution in [1.82, 2.24) is 34.7 Å². The number of nitrogens with zero attached hydrogens (tertiary/aromatic N) is 6. The number of pyridine rings is 2. The van der Waals surface area contributed by atoms with Crippen LogP contribution in [0.2, 0.25) is 0 Å². The van der Waals surface area contributed by atoms with Crippen LogP contribution in [0, 0.1) is 13.8 Å². The van der Waals surface area contributed by atoms with Crippen LogP contribution in [0.5, 0.6) is 0 Å². The predicted molar refractivity (Wildman–Crippen MR) is 128 cm³/mol. The van der Waals surface area contributed by atoms with E-state index in [1.54, 1.807) is 48.1 Å². The Morgan fingerprint density at radius 3 is 2.37 bits per heavy atom. The second kappa shape index (κ2) is 9.05. The maximum atomic E-state index is 13.3. The summed E-state index contributed by atoms with van der Waals surface area (Å²) in [5.41, 5.74) is 4.02. The van der Waals surface area contributed by atoms with Crippen LogP contribution in [0.15, 0.2) is 49.3 Å². The van der Waals surface area contributed by atoms with Crippen molar-refractivity contribution in [2.24, 2.45) is 0 Å². The van der Waals surface area contributed by atoms with Crippen LogP contribution in [0.4, 0.5) is 0 Å². The Kier molecular flexibility index (Phi) is 5.77. The van der Waals surface area contributed by atoms with Crippen LogP contribution >= 0.6 is 0 Å². The van der Waals surface area contributed by atoms with Gasteiger partial charge in [0.05, 0.1) is 17.3 Å². The molecule has 35 heavy (non-hydrogen) atoms. The Balaban J connectivity index is 1.34. The number of amides is 2. The number of aryl methyl sites for hydroxylation is 2. The molecule has 0 unspecified atom stereocenters. The second-order valence-corrected chi connectivity index (χ2v) is 8.42. The topological polar surface area (TPSA) is 125 Å². The molecular weight excluding hydrogens is 446 g/mol. The Morgan fingerprint density at radius 1 is 0.886 bits per heavy atom. The van der Waals surface area contributed by atoms with Crippen molar-refractivity contribution in [2.45, 2.75) is 13.8 Å². The van der Waals surface area contributed by atoms with E-state index in [4.69, 9.17) is 0 Å². The quantitative estimate of drug-likeness (QED) is 0.359. The minimum Gasteiger partial charge on any atom is -0.359 e.